The Morgan fingerprint density at radius 2 is 1.68 bits per heavy atom. The zero-order valence-corrected chi connectivity index (χ0v) is 16.5. The van der Waals surface area contributed by atoms with Crippen molar-refractivity contribution in [3.8, 4) is 0 Å². The fourth-order valence-electron chi connectivity index (χ4n) is 4.28. The second-order valence-corrected chi connectivity index (χ2v) is 8.06. The highest BCUT2D eigenvalue weighted by Gasteiger charge is 2.25. The van der Waals surface area contributed by atoms with Gasteiger partial charge in [-0.2, -0.15) is 0 Å². The van der Waals surface area contributed by atoms with Gasteiger partial charge in [0, 0.05) is 37.0 Å². The lowest BCUT2D eigenvalue weighted by Crippen LogP contribution is -2.20. The number of nitrogens with zero attached hydrogens (tertiary/aromatic N) is 1. The molecule has 1 fully saturated rings. The van der Waals surface area contributed by atoms with E-state index in [-0.39, 0.29) is 0 Å². The minimum Gasteiger partial charge on any atom is -0.378 e. The molecule has 0 aromatic heterocycles. The number of hydrogen-bond donors (Lipinski definition) is 1. The molecule has 2 aliphatic rings. The molecule has 2 nitrogen and oxygen atoms in total. The number of rotatable bonds is 4. The van der Waals surface area contributed by atoms with Crippen molar-refractivity contribution in [3.05, 3.63) is 46.0 Å². The topological polar surface area (TPSA) is 27.1 Å². The summed E-state index contributed by atoms with van der Waals surface area (Å²) in [7, 11) is 4.16. The third-order valence-corrected chi connectivity index (χ3v) is 6.25. The molecule has 0 spiro atoms. The Bertz CT molecular complexity index is 743. The summed E-state index contributed by atoms with van der Waals surface area (Å²) in [6, 6.07) is 6.71. The Labute approximate surface area is 153 Å². The van der Waals surface area contributed by atoms with Crippen molar-refractivity contribution < 1.29 is 0 Å². The second-order valence-electron chi connectivity index (χ2n) is 8.06. The highest BCUT2D eigenvalue weighted by atomic mass is 15.1. The lowest BCUT2D eigenvalue weighted by atomic mass is 9.81. The Morgan fingerprint density at radius 3 is 2.24 bits per heavy atom. The molecule has 25 heavy (non-hydrogen) atoms. The van der Waals surface area contributed by atoms with Gasteiger partial charge in [0.05, 0.1) is 0 Å². The fraction of sp³-hybridized carbons (Fsp3) is 0.522. The molecule has 0 heterocycles. The molecule has 1 aromatic rings. The summed E-state index contributed by atoms with van der Waals surface area (Å²) in [5, 5.41) is 8.98. The van der Waals surface area contributed by atoms with E-state index in [1.54, 1.807) is 0 Å². The highest BCUT2D eigenvalue weighted by molar-refractivity contribution is 6.05. The summed E-state index contributed by atoms with van der Waals surface area (Å²) in [4.78, 5) is 2.14. The van der Waals surface area contributed by atoms with E-state index in [0.717, 1.165) is 17.7 Å². The summed E-state index contributed by atoms with van der Waals surface area (Å²) in [6.45, 7) is 6.72. The SMILES string of the molecule is CC1=C(C)C(C)=C(c2ccc(N(C)C)cc2C(=N)C2CCCCC2)C1. The average molecular weight is 337 g/mol. The molecule has 2 aliphatic carbocycles. The molecule has 1 saturated carbocycles. The van der Waals surface area contributed by atoms with Crippen LogP contribution in [0, 0.1) is 11.3 Å². The van der Waals surface area contributed by atoms with Crippen LogP contribution in [0.5, 0.6) is 0 Å². The van der Waals surface area contributed by atoms with E-state index in [0.29, 0.717) is 5.92 Å². The van der Waals surface area contributed by atoms with Crippen molar-refractivity contribution in [1.29, 1.82) is 5.41 Å². The van der Waals surface area contributed by atoms with E-state index < -0.39 is 0 Å². The van der Waals surface area contributed by atoms with Crippen molar-refractivity contribution in [2.24, 2.45) is 5.92 Å². The van der Waals surface area contributed by atoms with Gasteiger partial charge in [-0.05, 0) is 74.4 Å². The number of benzene rings is 1. The van der Waals surface area contributed by atoms with Crippen LogP contribution in [-0.2, 0) is 0 Å². The minimum absolute atomic E-state index is 0.433. The fourth-order valence-corrected chi connectivity index (χ4v) is 4.28. The molecule has 0 unspecified atom stereocenters. The molecule has 0 bridgehead atoms. The lowest BCUT2D eigenvalue weighted by molar-refractivity contribution is 0.438. The Kier molecular flexibility index (Phi) is 5.17. The first-order chi connectivity index (χ1) is 11.9. The molecule has 0 amide bonds. The zero-order valence-electron chi connectivity index (χ0n) is 16.5. The van der Waals surface area contributed by atoms with Crippen LogP contribution in [0.1, 0.15) is 70.4 Å². The molecule has 0 radical (unpaired) electrons. The molecular weight excluding hydrogens is 304 g/mol. The van der Waals surface area contributed by atoms with Crippen molar-refractivity contribution in [2.45, 2.75) is 59.3 Å². The van der Waals surface area contributed by atoms with Gasteiger partial charge in [0.1, 0.15) is 0 Å². The van der Waals surface area contributed by atoms with Gasteiger partial charge in [-0.1, -0.05) is 30.9 Å². The quantitative estimate of drug-likeness (QED) is 0.650. The summed E-state index contributed by atoms with van der Waals surface area (Å²) in [5.41, 5.74) is 10.2. The van der Waals surface area contributed by atoms with Crippen molar-refractivity contribution in [2.75, 3.05) is 19.0 Å². The van der Waals surface area contributed by atoms with Gasteiger partial charge in [0.15, 0.2) is 0 Å². The van der Waals surface area contributed by atoms with Gasteiger partial charge in [-0.3, -0.25) is 0 Å². The summed E-state index contributed by atoms with van der Waals surface area (Å²) >= 11 is 0. The van der Waals surface area contributed by atoms with Crippen LogP contribution in [0.4, 0.5) is 5.69 Å². The Morgan fingerprint density at radius 1 is 1.00 bits per heavy atom. The molecule has 0 atom stereocenters. The number of hydrogen-bond acceptors (Lipinski definition) is 2. The number of allylic oxidation sites excluding steroid dienone is 4. The molecule has 3 rings (SSSR count). The third-order valence-electron chi connectivity index (χ3n) is 6.25. The maximum Gasteiger partial charge on any atom is 0.0423 e. The largest absolute Gasteiger partial charge is 0.378 e. The van der Waals surface area contributed by atoms with E-state index >= 15 is 0 Å². The molecule has 1 aromatic carbocycles. The molecule has 0 saturated heterocycles. The monoisotopic (exact) mass is 336 g/mol. The van der Waals surface area contributed by atoms with Gasteiger partial charge in [0.25, 0.3) is 0 Å². The van der Waals surface area contributed by atoms with E-state index in [1.807, 2.05) is 0 Å². The van der Waals surface area contributed by atoms with Crippen molar-refractivity contribution >= 4 is 17.0 Å². The van der Waals surface area contributed by atoms with Gasteiger partial charge >= 0.3 is 0 Å². The standard InChI is InChI=1S/C23H32N2/c1-15-13-21(17(3)16(15)2)20-12-11-19(25(4)5)14-22(20)23(24)18-9-7-6-8-10-18/h11-12,14,18,24H,6-10,13H2,1-5H3. The molecule has 134 valence electrons. The van der Waals surface area contributed by atoms with Gasteiger partial charge < -0.3 is 10.3 Å². The predicted molar refractivity (Wildman–Crippen MR) is 110 cm³/mol. The maximum absolute atomic E-state index is 8.98. The molecule has 1 N–H and O–H groups in total. The summed E-state index contributed by atoms with van der Waals surface area (Å²) in [5.74, 6) is 0.433. The second kappa shape index (κ2) is 7.19. The molecule has 0 aliphatic heterocycles. The van der Waals surface area contributed by atoms with Crippen LogP contribution < -0.4 is 4.90 Å². The third kappa shape index (κ3) is 3.44. The van der Waals surface area contributed by atoms with E-state index in [1.165, 1.54) is 65.6 Å². The highest BCUT2D eigenvalue weighted by Crippen LogP contribution is 2.40. The van der Waals surface area contributed by atoms with Crippen LogP contribution in [0.2, 0.25) is 0 Å². The summed E-state index contributed by atoms with van der Waals surface area (Å²) in [6.07, 6.45) is 7.27. The number of anilines is 1. The summed E-state index contributed by atoms with van der Waals surface area (Å²) < 4.78 is 0. The van der Waals surface area contributed by atoms with Crippen LogP contribution in [0.25, 0.3) is 5.57 Å². The van der Waals surface area contributed by atoms with Crippen LogP contribution in [0.3, 0.4) is 0 Å². The van der Waals surface area contributed by atoms with Crippen LogP contribution in [-0.4, -0.2) is 19.8 Å². The first-order valence-corrected chi connectivity index (χ1v) is 9.67. The Balaban J connectivity index is 2.05. The van der Waals surface area contributed by atoms with Gasteiger partial charge in [-0.15, -0.1) is 0 Å². The molecule has 2 heteroatoms. The van der Waals surface area contributed by atoms with Gasteiger partial charge in [-0.25, -0.2) is 0 Å². The van der Waals surface area contributed by atoms with Gasteiger partial charge in [0.2, 0.25) is 0 Å². The predicted octanol–water partition coefficient (Wildman–Crippen LogP) is 6.21. The minimum atomic E-state index is 0.433. The lowest BCUT2D eigenvalue weighted by Gasteiger charge is -2.25. The first-order valence-electron chi connectivity index (χ1n) is 9.67. The zero-order chi connectivity index (χ0) is 18.1. The van der Waals surface area contributed by atoms with E-state index in [2.05, 4.69) is 58.0 Å². The van der Waals surface area contributed by atoms with E-state index in [9.17, 15) is 0 Å². The van der Waals surface area contributed by atoms with Crippen molar-refractivity contribution in [1.82, 2.24) is 0 Å². The van der Waals surface area contributed by atoms with Crippen LogP contribution in [0.15, 0.2) is 34.9 Å². The maximum atomic E-state index is 8.98. The van der Waals surface area contributed by atoms with E-state index in [4.69, 9.17) is 5.41 Å². The van der Waals surface area contributed by atoms with Crippen molar-refractivity contribution in [3.63, 3.8) is 0 Å². The number of nitrogens with one attached hydrogen (secondary N) is 1. The molecular formula is C23H32N2. The average Bonchev–Trinajstić information content (AvgIpc) is 2.88. The smallest absolute Gasteiger partial charge is 0.0423 e. The van der Waals surface area contributed by atoms with Crippen LogP contribution >= 0.6 is 0 Å². The Hall–Kier alpha value is -1.83. The normalized spacial score (nSPS) is 18.9. The first kappa shape index (κ1) is 18.0.